The first kappa shape index (κ1) is 15.5. The van der Waals surface area contributed by atoms with Gasteiger partial charge in [-0.05, 0) is 38.7 Å². The number of nitrogens with zero attached hydrogens (tertiary/aromatic N) is 4. The van der Waals surface area contributed by atoms with Crippen LogP contribution in [0.5, 0.6) is 0 Å². The maximum Gasteiger partial charge on any atom is 0.239 e. The molecule has 2 aromatic heterocycles. The van der Waals surface area contributed by atoms with E-state index in [1.807, 2.05) is 14.1 Å². The van der Waals surface area contributed by atoms with Crippen LogP contribution in [-0.2, 0) is 4.79 Å². The fourth-order valence-electron chi connectivity index (χ4n) is 1.78. The Morgan fingerprint density at radius 1 is 1.43 bits per heavy atom. The van der Waals surface area contributed by atoms with E-state index in [0.717, 1.165) is 13.0 Å². The second-order valence-electron chi connectivity index (χ2n) is 4.80. The monoisotopic (exact) mass is 311 g/mol. The topological polar surface area (TPSA) is 98.8 Å². The molecule has 0 aliphatic rings. The molecule has 0 fully saturated rings. The lowest BCUT2D eigenvalue weighted by atomic mass is 10.4. The third kappa shape index (κ3) is 4.54. The number of hydrogen-bond donors (Lipinski definition) is 3. The van der Waals surface area contributed by atoms with Crippen LogP contribution in [0.3, 0.4) is 0 Å². The first-order valence-electron chi connectivity index (χ1n) is 6.58. The highest BCUT2D eigenvalue weighted by Gasteiger charge is 2.09. The normalized spacial score (nSPS) is 11.0. The van der Waals surface area contributed by atoms with Crippen molar-refractivity contribution in [3.05, 3.63) is 11.6 Å². The van der Waals surface area contributed by atoms with E-state index in [4.69, 9.17) is 11.6 Å². The molecule has 0 unspecified atom stereocenters. The van der Waals surface area contributed by atoms with E-state index in [9.17, 15) is 4.79 Å². The molecule has 0 saturated carbocycles. The van der Waals surface area contributed by atoms with Gasteiger partial charge in [0.25, 0.3) is 0 Å². The van der Waals surface area contributed by atoms with Crippen molar-refractivity contribution in [2.75, 3.05) is 39.0 Å². The molecule has 3 N–H and O–H groups in total. The molecule has 2 heterocycles. The van der Waals surface area contributed by atoms with Crippen molar-refractivity contribution in [3.8, 4) is 0 Å². The van der Waals surface area contributed by atoms with Crippen LogP contribution in [0.2, 0.25) is 5.28 Å². The number of aromatic amines is 1. The molecular formula is C12H18ClN7O. The van der Waals surface area contributed by atoms with Crippen molar-refractivity contribution < 1.29 is 4.79 Å². The molecule has 0 aliphatic carbocycles. The van der Waals surface area contributed by atoms with Crippen molar-refractivity contribution in [2.45, 2.75) is 6.42 Å². The SMILES string of the molecule is CN(C)CCCNC(=O)CNc1nc(Cl)nc2nc[nH]c12. The van der Waals surface area contributed by atoms with E-state index < -0.39 is 0 Å². The number of carbonyl (C=O) groups is 1. The van der Waals surface area contributed by atoms with E-state index in [-0.39, 0.29) is 17.7 Å². The third-order valence-corrected chi connectivity index (χ3v) is 2.95. The highest BCUT2D eigenvalue weighted by molar-refractivity contribution is 6.28. The zero-order chi connectivity index (χ0) is 15.2. The molecule has 21 heavy (non-hydrogen) atoms. The highest BCUT2D eigenvalue weighted by Crippen LogP contribution is 2.17. The molecule has 2 aromatic rings. The van der Waals surface area contributed by atoms with E-state index in [1.54, 1.807) is 0 Å². The average Bonchev–Trinajstić information content (AvgIpc) is 2.88. The Morgan fingerprint density at radius 2 is 2.24 bits per heavy atom. The van der Waals surface area contributed by atoms with Gasteiger partial charge in [-0.25, -0.2) is 4.98 Å². The number of hydrogen-bond acceptors (Lipinski definition) is 6. The largest absolute Gasteiger partial charge is 0.359 e. The number of H-pyrrole nitrogens is 1. The van der Waals surface area contributed by atoms with Gasteiger partial charge in [0.15, 0.2) is 11.5 Å². The van der Waals surface area contributed by atoms with Crippen LogP contribution in [0.25, 0.3) is 11.2 Å². The lowest BCUT2D eigenvalue weighted by molar-refractivity contribution is -0.119. The molecule has 8 nitrogen and oxygen atoms in total. The summed E-state index contributed by atoms with van der Waals surface area (Å²) in [5.41, 5.74) is 1.09. The average molecular weight is 312 g/mol. The second kappa shape index (κ2) is 7.19. The van der Waals surface area contributed by atoms with Gasteiger partial charge in [0.1, 0.15) is 5.52 Å². The van der Waals surface area contributed by atoms with Crippen LogP contribution in [0.1, 0.15) is 6.42 Å². The van der Waals surface area contributed by atoms with Crippen molar-refractivity contribution in [1.82, 2.24) is 30.2 Å². The van der Waals surface area contributed by atoms with Gasteiger partial charge in [-0.15, -0.1) is 0 Å². The molecule has 0 bridgehead atoms. The Labute approximate surface area is 127 Å². The van der Waals surface area contributed by atoms with Gasteiger partial charge in [0.2, 0.25) is 11.2 Å². The summed E-state index contributed by atoms with van der Waals surface area (Å²) in [4.78, 5) is 28.7. The minimum absolute atomic E-state index is 0.0866. The summed E-state index contributed by atoms with van der Waals surface area (Å²) >= 11 is 5.81. The number of nitrogens with one attached hydrogen (secondary N) is 3. The lowest BCUT2D eigenvalue weighted by Gasteiger charge is -2.10. The van der Waals surface area contributed by atoms with Gasteiger partial charge in [0.05, 0.1) is 12.9 Å². The molecule has 0 aliphatic heterocycles. The number of aromatic nitrogens is 4. The number of fused-ring (bicyclic) bond motifs is 1. The first-order valence-corrected chi connectivity index (χ1v) is 6.96. The van der Waals surface area contributed by atoms with Crippen LogP contribution in [-0.4, -0.2) is 64.5 Å². The molecule has 114 valence electrons. The Kier molecular flexibility index (Phi) is 5.29. The smallest absolute Gasteiger partial charge is 0.239 e. The van der Waals surface area contributed by atoms with Crippen molar-refractivity contribution in [1.29, 1.82) is 0 Å². The van der Waals surface area contributed by atoms with Gasteiger partial charge in [-0.2, -0.15) is 9.97 Å². The van der Waals surface area contributed by atoms with Crippen molar-refractivity contribution >= 4 is 34.5 Å². The zero-order valence-electron chi connectivity index (χ0n) is 12.0. The maximum absolute atomic E-state index is 11.7. The molecule has 0 saturated heterocycles. The summed E-state index contributed by atoms with van der Waals surface area (Å²) in [6.45, 7) is 1.69. The van der Waals surface area contributed by atoms with Gasteiger partial charge in [0, 0.05) is 6.54 Å². The summed E-state index contributed by atoms with van der Waals surface area (Å²) in [5.74, 6) is 0.363. The summed E-state index contributed by atoms with van der Waals surface area (Å²) in [6, 6.07) is 0. The predicted molar refractivity (Wildman–Crippen MR) is 81.4 cm³/mol. The fraction of sp³-hybridized carbons (Fsp3) is 0.500. The number of halogens is 1. The molecule has 1 amide bonds. The minimum Gasteiger partial charge on any atom is -0.359 e. The molecule has 0 atom stereocenters. The van der Waals surface area contributed by atoms with Gasteiger partial charge in [-0.1, -0.05) is 0 Å². The number of anilines is 1. The van der Waals surface area contributed by atoms with Crippen LogP contribution in [0, 0.1) is 0 Å². The van der Waals surface area contributed by atoms with E-state index >= 15 is 0 Å². The number of amides is 1. The fourth-order valence-corrected chi connectivity index (χ4v) is 1.95. The van der Waals surface area contributed by atoms with Crippen LogP contribution in [0.15, 0.2) is 6.33 Å². The molecule has 2 rings (SSSR count). The Bertz CT molecular complexity index is 613. The number of carbonyl (C=O) groups excluding carboxylic acids is 1. The molecule has 9 heteroatoms. The second-order valence-corrected chi connectivity index (χ2v) is 5.14. The van der Waals surface area contributed by atoms with Gasteiger partial charge >= 0.3 is 0 Å². The van der Waals surface area contributed by atoms with Crippen molar-refractivity contribution in [3.63, 3.8) is 0 Å². The maximum atomic E-state index is 11.7. The van der Waals surface area contributed by atoms with Crippen LogP contribution < -0.4 is 10.6 Å². The predicted octanol–water partition coefficient (Wildman–Crippen LogP) is 0.486. The molecule has 0 radical (unpaired) electrons. The zero-order valence-corrected chi connectivity index (χ0v) is 12.7. The standard InChI is InChI=1S/C12H18ClN7O/c1-20(2)5-3-4-14-8(21)6-15-10-9-11(17-7-16-9)19-12(13)18-10/h7H,3-6H2,1-2H3,(H,14,21)(H2,15,16,17,18,19). The summed E-state index contributed by atoms with van der Waals surface area (Å²) < 4.78 is 0. The molecular weight excluding hydrogens is 294 g/mol. The van der Waals surface area contributed by atoms with Crippen molar-refractivity contribution in [2.24, 2.45) is 0 Å². The number of imidazole rings is 1. The molecule has 0 spiro atoms. The summed E-state index contributed by atoms with van der Waals surface area (Å²) in [5, 5.41) is 5.86. The summed E-state index contributed by atoms with van der Waals surface area (Å²) in [7, 11) is 4.00. The van der Waals surface area contributed by atoms with E-state index in [1.165, 1.54) is 6.33 Å². The first-order chi connectivity index (χ1) is 10.1. The lowest BCUT2D eigenvalue weighted by Crippen LogP contribution is -2.32. The molecule has 0 aromatic carbocycles. The van der Waals surface area contributed by atoms with Gasteiger partial charge in [-0.3, -0.25) is 4.79 Å². The quantitative estimate of drug-likeness (QED) is 0.508. The highest BCUT2D eigenvalue weighted by atomic mass is 35.5. The van der Waals surface area contributed by atoms with Crippen LogP contribution in [0.4, 0.5) is 5.82 Å². The van der Waals surface area contributed by atoms with E-state index in [0.29, 0.717) is 23.5 Å². The number of rotatable bonds is 7. The summed E-state index contributed by atoms with van der Waals surface area (Å²) in [6.07, 6.45) is 2.41. The van der Waals surface area contributed by atoms with Gasteiger partial charge < -0.3 is 20.5 Å². The Hall–Kier alpha value is -1.93. The Balaban J connectivity index is 1.84. The minimum atomic E-state index is -0.101. The Morgan fingerprint density at radius 3 is 3.00 bits per heavy atom. The van der Waals surface area contributed by atoms with Crippen LogP contribution >= 0.6 is 11.6 Å². The van der Waals surface area contributed by atoms with E-state index in [2.05, 4.69) is 35.5 Å². The third-order valence-electron chi connectivity index (χ3n) is 2.78.